The molecule has 0 saturated carbocycles. The van der Waals surface area contributed by atoms with Crippen LogP contribution in [-0.2, 0) is 4.74 Å². The number of carbonyl (C=O) groups excluding carboxylic acids is 2. The van der Waals surface area contributed by atoms with Gasteiger partial charge in [0, 0.05) is 0 Å². The second kappa shape index (κ2) is 6.24. The molecule has 0 spiro atoms. The molecule has 1 N–H and O–H groups in total. The van der Waals surface area contributed by atoms with Crippen molar-refractivity contribution in [3.8, 4) is 0 Å². The van der Waals surface area contributed by atoms with Gasteiger partial charge in [-0.3, -0.25) is 4.79 Å². The van der Waals surface area contributed by atoms with Crippen LogP contribution in [0.25, 0.3) is 0 Å². The Balaban J connectivity index is 2.28. The molecule has 0 radical (unpaired) electrons. The van der Waals surface area contributed by atoms with E-state index in [1.165, 1.54) is 36.6 Å². The van der Waals surface area contributed by atoms with Gasteiger partial charge in [0.25, 0.3) is 5.91 Å². The van der Waals surface area contributed by atoms with E-state index < -0.39 is 5.97 Å². The van der Waals surface area contributed by atoms with Crippen LogP contribution in [0.3, 0.4) is 0 Å². The Bertz CT molecular complexity index is 712. The van der Waals surface area contributed by atoms with E-state index in [1.54, 1.807) is 6.92 Å². The minimum absolute atomic E-state index is 0.304. The Morgan fingerprint density at radius 2 is 2.05 bits per heavy atom. The minimum atomic E-state index is -0.494. The third-order valence-corrected chi connectivity index (χ3v) is 4.15. The summed E-state index contributed by atoms with van der Waals surface area (Å²) < 4.78 is 4.64. The molecule has 0 atom stereocenters. The molecule has 0 aliphatic carbocycles. The summed E-state index contributed by atoms with van der Waals surface area (Å²) in [6.07, 6.45) is 0. The highest BCUT2D eigenvalue weighted by Crippen LogP contribution is 2.25. The number of thiazole rings is 1. The average molecular weight is 325 g/mol. The first-order chi connectivity index (χ1) is 9.92. The molecule has 0 bridgehead atoms. The lowest BCUT2D eigenvalue weighted by Crippen LogP contribution is -2.13. The molecule has 21 heavy (non-hydrogen) atoms. The molecule has 0 unspecified atom stereocenters. The van der Waals surface area contributed by atoms with Crippen molar-refractivity contribution in [1.82, 2.24) is 4.98 Å². The van der Waals surface area contributed by atoms with Gasteiger partial charge in [0.05, 0.1) is 34.1 Å². The van der Waals surface area contributed by atoms with Gasteiger partial charge in [-0.1, -0.05) is 11.6 Å². The predicted octanol–water partition coefficient (Wildman–Crippen LogP) is 3.45. The highest BCUT2D eigenvalue weighted by Gasteiger charge is 2.16. The Labute approximate surface area is 130 Å². The van der Waals surface area contributed by atoms with Gasteiger partial charge in [0.1, 0.15) is 4.88 Å². The molecule has 0 aliphatic heterocycles. The normalized spacial score (nSPS) is 10.3. The average Bonchev–Trinajstić information content (AvgIpc) is 2.79. The van der Waals surface area contributed by atoms with Gasteiger partial charge in [0.2, 0.25) is 0 Å². The zero-order valence-electron chi connectivity index (χ0n) is 11.7. The topological polar surface area (TPSA) is 68.3 Å². The summed E-state index contributed by atoms with van der Waals surface area (Å²) in [5.41, 5.74) is 1.33. The van der Waals surface area contributed by atoms with Gasteiger partial charge < -0.3 is 10.1 Å². The number of rotatable bonds is 3. The number of aryl methyl sites for hydroxylation is 2. The number of hydrogen-bond donors (Lipinski definition) is 1. The van der Waals surface area contributed by atoms with Crippen molar-refractivity contribution in [2.24, 2.45) is 0 Å². The second-order valence-corrected chi connectivity index (χ2v) is 5.90. The summed E-state index contributed by atoms with van der Waals surface area (Å²) in [6, 6.07) is 4.55. The molecule has 1 aromatic heterocycles. The molecule has 2 aromatic rings. The lowest BCUT2D eigenvalue weighted by atomic mass is 10.2. The quantitative estimate of drug-likeness (QED) is 0.878. The van der Waals surface area contributed by atoms with Crippen molar-refractivity contribution >= 4 is 40.5 Å². The smallest absolute Gasteiger partial charge is 0.337 e. The molecule has 0 fully saturated rings. The van der Waals surface area contributed by atoms with E-state index in [0.717, 1.165) is 5.01 Å². The fraction of sp³-hybridized carbons (Fsp3) is 0.214. The first kappa shape index (κ1) is 15.5. The monoisotopic (exact) mass is 324 g/mol. The molecule has 0 aliphatic rings. The number of nitrogens with one attached hydrogen (secondary N) is 1. The summed E-state index contributed by atoms with van der Waals surface area (Å²) in [5.74, 6) is -0.797. The van der Waals surface area contributed by atoms with Crippen molar-refractivity contribution in [3.05, 3.63) is 44.4 Å². The van der Waals surface area contributed by atoms with Crippen molar-refractivity contribution in [2.45, 2.75) is 13.8 Å². The van der Waals surface area contributed by atoms with E-state index in [-0.39, 0.29) is 5.91 Å². The van der Waals surface area contributed by atoms with Gasteiger partial charge in [-0.05, 0) is 32.0 Å². The summed E-state index contributed by atoms with van der Waals surface area (Å²) in [5, 5.41) is 3.85. The van der Waals surface area contributed by atoms with E-state index >= 15 is 0 Å². The Morgan fingerprint density at radius 3 is 2.62 bits per heavy atom. The van der Waals surface area contributed by atoms with Crippen LogP contribution >= 0.6 is 22.9 Å². The van der Waals surface area contributed by atoms with Gasteiger partial charge in [0.15, 0.2) is 0 Å². The van der Waals surface area contributed by atoms with Crippen molar-refractivity contribution in [3.63, 3.8) is 0 Å². The summed E-state index contributed by atoms with van der Waals surface area (Å²) >= 11 is 7.35. The number of amides is 1. The van der Waals surface area contributed by atoms with Crippen LogP contribution in [0.2, 0.25) is 5.02 Å². The number of halogens is 1. The van der Waals surface area contributed by atoms with E-state index in [2.05, 4.69) is 15.0 Å². The lowest BCUT2D eigenvalue weighted by Gasteiger charge is -2.08. The first-order valence-corrected chi connectivity index (χ1v) is 7.25. The molecule has 1 heterocycles. The van der Waals surface area contributed by atoms with Crippen LogP contribution in [-0.4, -0.2) is 24.0 Å². The van der Waals surface area contributed by atoms with E-state index in [4.69, 9.17) is 11.6 Å². The molecule has 5 nitrogen and oxygen atoms in total. The minimum Gasteiger partial charge on any atom is -0.465 e. The van der Waals surface area contributed by atoms with Gasteiger partial charge in [-0.2, -0.15) is 0 Å². The lowest BCUT2D eigenvalue weighted by molar-refractivity contribution is 0.0600. The van der Waals surface area contributed by atoms with Gasteiger partial charge in [-0.25, -0.2) is 9.78 Å². The van der Waals surface area contributed by atoms with Gasteiger partial charge in [-0.15, -0.1) is 11.3 Å². The number of carbonyl (C=O) groups is 2. The third-order valence-electron chi connectivity index (χ3n) is 2.75. The van der Waals surface area contributed by atoms with Crippen molar-refractivity contribution in [2.75, 3.05) is 12.4 Å². The second-order valence-electron chi connectivity index (χ2n) is 4.29. The van der Waals surface area contributed by atoms with Crippen LogP contribution in [0, 0.1) is 13.8 Å². The molecule has 110 valence electrons. The maximum Gasteiger partial charge on any atom is 0.337 e. The maximum atomic E-state index is 12.2. The van der Waals surface area contributed by atoms with E-state index in [9.17, 15) is 9.59 Å². The zero-order chi connectivity index (χ0) is 15.6. The zero-order valence-corrected chi connectivity index (χ0v) is 13.3. The molecule has 1 amide bonds. The number of esters is 1. The van der Waals surface area contributed by atoms with Crippen molar-refractivity contribution < 1.29 is 14.3 Å². The fourth-order valence-corrected chi connectivity index (χ4v) is 2.77. The highest BCUT2D eigenvalue weighted by molar-refractivity contribution is 7.13. The Hall–Kier alpha value is -1.92. The molecule has 7 heteroatoms. The first-order valence-electron chi connectivity index (χ1n) is 6.05. The molecule has 0 saturated heterocycles. The van der Waals surface area contributed by atoms with Crippen LogP contribution in [0.15, 0.2) is 18.2 Å². The largest absolute Gasteiger partial charge is 0.465 e. The number of aromatic nitrogens is 1. The maximum absolute atomic E-state index is 12.2. The molecular formula is C14H13ClN2O3S. The van der Waals surface area contributed by atoms with E-state index in [1.807, 2.05) is 6.92 Å². The summed E-state index contributed by atoms with van der Waals surface area (Å²) in [6.45, 7) is 3.60. The Kier molecular flexibility index (Phi) is 4.59. The fourth-order valence-electron chi connectivity index (χ4n) is 1.79. The summed E-state index contributed by atoms with van der Waals surface area (Å²) in [7, 11) is 1.29. The SMILES string of the molecule is COC(=O)c1ccc(Cl)c(NC(=O)c2sc(C)nc2C)c1. The number of ether oxygens (including phenoxy) is 1. The van der Waals surface area contributed by atoms with E-state index in [0.29, 0.717) is 26.8 Å². The third kappa shape index (κ3) is 3.40. The molecule has 2 rings (SSSR count). The van der Waals surface area contributed by atoms with Crippen LogP contribution in [0.5, 0.6) is 0 Å². The van der Waals surface area contributed by atoms with Crippen LogP contribution in [0.1, 0.15) is 30.7 Å². The summed E-state index contributed by atoms with van der Waals surface area (Å²) in [4.78, 5) is 28.5. The highest BCUT2D eigenvalue weighted by atomic mass is 35.5. The Morgan fingerprint density at radius 1 is 1.33 bits per heavy atom. The predicted molar refractivity (Wildman–Crippen MR) is 82.3 cm³/mol. The number of methoxy groups -OCH3 is 1. The number of anilines is 1. The number of benzene rings is 1. The van der Waals surface area contributed by atoms with Crippen LogP contribution in [0.4, 0.5) is 5.69 Å². The number of nitrogens with zero attached hydrogens (tertiary/aromatic N) is 1. The molecular weight excluding hydrogens is 312 g/mol. The van der Waals surface area contributed by atoms with Crippen LogP contribution < -0.4 is 5.32 Å². The molecule has 1 aromatic carbocycles. The van der Waals surface area contributed by atoms with Crippen molar-refractivity contribution in [1.29, 1.82) is 0 Å². The standard InChI is InChI=1S/C14H13ClN2O3S/c1-7-12(21-8(2)16-7)13(18)17-11-6-9(14(19)20-3)4-5-10(11)15/h4-6H,1-3H3,(H,17,18). The number of hydrogen-bond acceptors (Lipinski definition) is 5. The van der Waals surface area contributed by atoms with Gasteiger partial charge >= 0.3 is 5.97 Å².